The molecule has 0 aromatic heterocycles. The second-order valence-corrected chi connectivity index (χ2v) is 3.82. The molecule has 1 rings (SSSR count). The first-order chi connectivity index (χ1) is 5.72. The molecule has 3 heteroatoms. The van der Waals surface area contributed by atoms with E-state index < -0.39 is 6.10 Å². The molecule has 0 spiro atoms. The van der Waals surface area contributed by atoms with Crippen LogP contribution in [0.2, 0.25) is 0 Å². The maximum atomic E-state index is 9.04. The number of nitrogens with one attached hydrogen (secondary N) is 1. The smallest absolute Gasteiger partial charge is 0.0895 e. The zero-order chi connectivity index (χ0) is 8.97. The number of aliphatic hydroxyl groups excluding tert-OH is 2. The fraction of sp³-hybridized carbons (Fsp3) is 1.00. The average Bonchev–Trinajstić information content (AvgIpc) is 2.84. The van der Waals surface area contributed by atoms with Crippen molar-refractivity contribution in [1.82, 2.24) is 5.32 Å². The lowest BCUT2D eigenvalue weighted by atomic mass is 10.1. The van der Waals surface area contributed by atoms with E-state index in [1.807, 2.05) is 0 Å². The lowest BCUT2D eigenvalue weighted by molar-refractivity contribution is 0.0919. The van der Waals surface area contributed by atoms with Gasteiger partial charge in [0.15, 0.2) is 0 Å². The predicted octanol–water partition coefficient (Wildman–Crippen LogP) is 0.118. The van der Waals surface area contributed by atoms with Crippen LogP contribution in [0.25, 0.3) is 0 Å². The summed E-state index contributed by atoms with van der Waals surface area (Å²) < 4.78 is 0. The molecule has 0 aromatic rings. The Morgan fingerprint density at radius 3 is 2.67 bits per heavy atom. The Morgan fingerprint density at radius 1 is 1.50 bits per heavy atom. The Labute approximate surface area is 73.8 Å². The van der Waals surface area contributed by atoms with E-state index >= 15 is 0 Å². The monoisotopic (exact) mass is 173 g/mol. The third-order valence-corrected chi connectivity index (χ3v) is 2.30. The zero-order valence-corrected chi connectivity index (χ0v) is 7.66. The van der Waals surface area contributed by atoms with E-state index in [0.29, 0.717) is 12.6 Å². The molecular formula is C9H19NO2. The maximum absolute atomic E-state index is 9.04. The Hall–Kier alpha value is -0.120. The third-order valence-electron chi connectivity index (χ3n) is 2.30. The minimum atomic E-state index is -0.605. The summed E-state index contributed by atoms with van der Waals surface area (Å²) >= 11 is 0. The van der Waals surface area contributed by atoms with Crippen molar-refractivity contribution in [3.05, 3.63) is 0 Å². The SMILES string of the molecule is CC(CC1CC1)NC[C@H](O)CO. The van der Waals surface area contributed by atoms with Gasteiger partial charge in [-0.25, -0.2) is 0 Å². The Morgan fingerprint density at radius 2 is 2.17 bits per heavy atom. The summed E-state index contributed by atoms with van der Waals surface area (Å²) in [5.74, 6) is 0.916. The van der Waals surface area contributed by atoms with Crippen molar-refractivity contribution in [2.75, 3.05) is 13.2 Å². The van der Waals surface area contributed by atoms with E-state index in [1.165, 1.54) is 19.3 Å². The van der Waals surface area contributed by atoms with Gasteiger partial charge in [-0.05, 0) is 19.3 Å². The van der Waals surface area contributed by atoms with Crippen LogP contribution in [0.3, 0.4) is 0 Å². The van der Waals surface area contributed by atoms with Crippen LogP contribution < -0.4 is 5.32 Å². The molecule has 0 saturated heterocycles. The fourth-order valence-electron chi connectivity index (χ4n) is 1.34. The highest BCUT2D eigenvalue weighted by Gasteiger charge is 2.23. The second kappa shape index (κ2) is 4.80. The van der Waals surface area contributed by atoms with Crippen molar-refractivity contribution in [2.45, 2.75) is 38.3 Å². The summed E-state index contributed by atoms with van der Waals surface area (Å²) in [6, 6.07) is 0.471. The van der Waals surface area contributed by atoms with E-state index in [9.17, 15) is 0 Å². The van der Waals surface area contributed by atoms with Gasteiger partial charge in [-0.2, -0.15) is 0 Å². The molecule has 2 atom stereocenters. The molecule has 0 bridgehead atoms. The second-order valence-electron chi connectivity index (χ2n) is 3.82. The standard InChI is InChI=1S/C9H19NO2/c1-7(4-8-2-3-8)10-5-9(12)6-11/h7-12H,2-6H2,1H3/t7?,9-/m0/s1. The lowest BCUT2D eigenvalue weighted by Gasteiger charge is -2.15. The van der Waals surface area contributed by atoms with Gasteiger partial charge in [0.05, 0.1) is 12.7 Å². The summed E-state index contributed by atoms with van der Waals surface area (Å²) in [5, 5.41) is 20.8. The number of rotatable bonds is 6. The fourth-order valence-corrected chi connectivity index (χ4v) is 1.34. The zero-order valence-electron chi connectivity index (χ0n) is 7.66. The van der Waals surface area contributed by atoms with E-state index in [-0.39, 0.29) is 6.61 Å². The van der Waals surface area contributed by atoms with E-state index in [2.05, 4.69) is 12.2 Å². The van der Waals surface area contributed by atoms with Crippen LogP contribution in [0.5, 0.6) is 0 Å². The molecule has 0 aliphatic heterocycles. The summed E-state index contributed by atoms with van der Waals surface area (Å²) in [6.45, 7) is 2.48. The molecule has 3 N–H and O–H groups in total. The highest BCUT2D eigenvalue weighted by atomic mass is 16.3. The predicted molar refractivity (Wildman–Crippen MR) is 47.9 cm³/mol. The van der Waals surface area contributed by atoms with Gasteiger partial charge < -0.3 is 15.5 Å². The van der Waals surface area contributed by atoms with Gasteiger partial charge in [0.25, 0.3) is 0 Å². The molecule has 0 amide bonds. The third kappa shape index (κ3) is 4.04. The van der Waals surface area contributed by atoms with E-state index in [0.717, 1.165) is 5.92 Å². The largest absolute Gasteiger partial charge is 0.394 e. The van der Waals surface area contributed by atoms with Crippen LogP contribution in [-0.2, 0) is 0 Å². The topological polar surface area (TPSA) is 52.5 Å². The van der Waals surface area contributed by atoms with Gasteiger partial charge in [0.2, 0.25) is 0 Å². The van der Waals surface area contributed by atoms with Crippen LogP contribution in [0.15, 0.2) is 0 Å². The van der Waals surface area contributed by atoms with Gasteiger partial charge in [0, 0.05) is 12.6 Å². The first-order valence-electron chi connectivity index (χ1n) is 4.74. The Bertz CT molecular complexity index is 126. The number of hydrogen-bond donors (Lipinski definition) is 3. The van der Waals surface area contributed by atoms with Crippen molar-refractivity contribution in [2.24, 2.45) is 5.92 Å². The van der Waals surface area contributed by atoms with Crippen molar-refractivity contribution in [3.63, 3.8) is 0 Å². The Kier molecular flexibility index (Phi) is 3.98. The molecule has 0 heterocycles. The van der Waals surface area contributed by atoms with Crippen LogP contribution in [0.1, 0.15) is 26.2 Å². The Balaban J connectivity index is 1.96. The molecule has 1 saturated carbocycles. The first-order valence-corrected chi connectivity index (χ1v) is 4.74. The normalized spacial score (nSPS) is 22.2. The maximum Gasteiger partial charge on any atom is 0.0895 e. The van der Waals surface area contributed by atoms with Gasteiger partial charge in [-0.3, -0.25) is 0 Å². The molecular weight excluding hydrogens is 154 g/mol. The lowest BCUT2D eigenvalue weighted by Crippen LogP contribution is -2.35. The van der Waals surface area contributed by atoms with Crippen LogP contribution in [0.4, 0.5) is 0 Å². The first kappa shape index (κ1) is 9.96. The minimum Gasteiger partial charge on any atom is -0.394 e. The van der Waals surface area contributed by atoms with Gasteiger partial charge in [-0.1, -0.05) is 12.8 Å². The number of hydrogen-bond acceptors (Lipinski definition) is 3. The van der Waals surface area contributed by atoms with Crippen LogP contribution in [-0.4, -0.2) is 35.5 Å². The molecule has 1 aliphatic rings. The highest BCUT2D eigenvalue weighted by Crippen LogP contribution is 2.33. The van der Waals surface area contributed by atoms with Crippen molar-refractivity contribution < 1.29 is 10.2 Å². The molecule has 3 nitrogen and oxygen atoms in total. The molecule has 0 radical (unpaired) electrons. The van der Waals surface area contributed by atoms with Crippen LogP contribution >= 0.6 is 0 Å². The average molecular weight is 173 g/mol. The van der Waals surface area contributed by atoms with Gasteiger partial charge >= 0.3 is 0 Å². The summed E-state index contributed by atoms with van der Waals surface area (Å²) in [7, 11) is 0. The molecule has 1 fully saturated rings. The summed E-state index contributed by atoms with van der Waals surface area (Å²) in [4.78, 5) is 0. The molecule has 1 unspecified atom stereocenters. The van der Waals surface area contributed by atoms with Gasteiger partial charge in [0.1, 0.15) is 0 Å². The van der Waals surface area contributed by atoms with Crippen molar-refractivity contribution in [1.29, 1.82) is 0 Å². The van der Waals surface area contributed by atoms with Crippen LogP contribution in [0, 0.1) is 5.92 Å². The molecule has 72 valence electrons. The van der Waals surface area contributed by atoms with E-state index in [1.54, 1.807) is 0 Å². The molecule has 0 aromatic carbocycles. The molecule has 12 heavy (non-hydrogen) atoms. The van der Waals surface area contributed by atoms with Gasteiger partial charge in [-0.15, -0.1) is 0 Å². The van der Waals surface area contributed by atoms with Crippen molar-refractivity contribution in [3.8, 4) is 0 Å². The summed E-state index contributed by atoms with van der Waals surface area (Å²) in [5.41, 5.74) is 0. The van der Waals surface area contributed by atoms with Crippen molar-refractivity contribution >= 4 is 0 Å². The van der Waals surface area contributed by atoms with E-state index in [4.69, 9.17) is 10.2 Å². The highest BCUT2D eigenvalue weighted by molar-refractivity contribution is 4.78. The summed E-state index contributed by atoms with van der Waals surface area (Å²) in [6.07, 6.45) is 3.34. The number of aliphatic hydroxyl groups is 2. The quantitative estimate of drug-likeness (QED) is 0.534. The minimum absolute atomic E-state index is 0.150. The molecule has 1 aliphatic carbocycles.